The lowest BCUT2D eigenvalue weighted by Gasteiger charge is -2.10. The quantitative estimate of drug-likeness (QED) is 0.905. The minimum Gasteiger partial charge on any atom is -0.383 e. The van der Waals surface area contributed by atoms with E-state index >= 15 is 0 Å². The Morgan fingerprint density at radius 2 is 1.80 bits per heavy atom. The zero-order chi connectivity index (χ0) is 14.5. The van der Waals surface area contributed by atoms with Crippen molar-refractivity contribution >= 4 is 21.7 Å². The van der Waals surface area contributed by atoms with E-state index in [1.807, 2.05) is 6.07 Å². The average molecular weight is 334 g/mol. The van der Waals surface area contributed by atoms with E-state index in [-0.39, 0.29) is 0 Å². The fraction of sp³-hybridized carbons (Fsp3) is 0.375. The molecule has 1 aromatic heterocycles. The Kier molecular flexibility index (Phi) is 5.12. The molecule has 0 atom stereocenters. The summed E-state index contributed by atoms with van der Waals surface area (Å²) in [6, 6.07) is 10.4. The average Bonchev–Trinajstić information content (AvgIpc) is 2.42. The largest absolute Gasteiger partial charge is 0.383 e. The van der Waals surface area contributed by atoms with Crippen molar-refractivity contribution in [3.63, 3.8) is 0 Å². The van der Waals surface area contributed by atoms with E-state index in [9.17, 15) is 0 Å². The van der Waals surface area contributed by atoms with Gasteiger partial charge in [0, 0.05) is 6.42 Å². The van der Waals surface area contributed by atoms with Crippen LogP contribution in [0.4, 0.5) is 5.82 Å². The maximum atomic E-state index is 5.97. The monoisotopic (exact) mass is 333 g/mol. The molecule has 1 heterocycles. The Balaban J connectivity index is 2.14. The number of anilines is 1. The summed E-state index contributed by atoms with van der Waals surface area (Å²) >= 11 is 3.49. The number of rotatable bonds is 5. The molecule has 20 heavy (non-hydrogen) atoms. The molecule has 1 aromatic carbocycles. The summed E-state index contributed by atoms with van der Waals surface area (Å²) in [6.45, 7) is 4.35. The molecule has 0 aliphatic carbocycles. The number of aromatic nitrogens is 2. The smallest absolute Gasteiger partial charge is 0.141 e. The van der Waals surface area contributed by atoms with Crippen molar-refractivity contribution < 1.29 is 0 Å². The minimum absolute atomic E-state index is 0.540. The SMILES string of the molecule is CC(C)Cc1nc(CCc2ccccc2)nc(N)c1Br. The third-order valence-corrected chi connectivity index (χ3v) is 3.94. The molecule has 0 unspecified atom stereocenters. The third-order valence-electron chi connectivity index (χ3n) is 3.07. The molecule has 0 aliphatic rings. The van der Waals surface area contributed by atoms with Crippen LogP contribution in [-0.2, 0) is 19.3 Å². The second kappa shape index (κ2) is 6.84. The number of nitrogens with two attached hydrogens (primary N) is 1. The van der Waals surface area contributed by atoms with Crippen molar-refractivity contribution in [2.75, 3.05) is 5.73 Å². The van der Waals surface area contributed by atoms with Gasteiger partial charge < -0.3 is 5.73 Å². The van der Waals surface area contributed by atoms with E-state index in [4.69, 9.17) is 5.73 Å². The Morgan fingerprint density at radius 1 is 1.10 bits per heavy atom. The Hall–Kier alpha value is -1.42. The predicted molar refractivity (Wildman–Crippen MR) is 86.5 cm³/mol. The van der Waals surface area contributed by atoms with Crippen LogP contribution in [-0.4, -0.2) is 9.97 Å². The van der Waals surface area contributed by atoms with E-state index in [0.717, 1.165) is 35.3 Å². The predicted octanol–water partition coefficient (Wildman–Crippen LogP) is 3.81. The first-order valence-corrected chi connectivity index (χ1v) is 7.70. The maximum Gasteiger partial charge on any atom is 0.141 e. The van der Waals surface area contributed by atoms with Gasteiger partial charge in [-0.2, -0.15) is 0 Å². The van der Waals surface area contributed by atoms with Crippen LogP contribution in [0.1, 0.15) is 30.9 Å². The molecule has 0 radical (unpaired) electrons. The molecule has 0 spiro atoms. The van der Waals surface area contributed by atoms with Gasteiger partial charge in [0.25, 0.3) is 0 Å². The zero-order valence-corrected chi connectivity index (χ0v) is 13.5. The fourth-order valence-corrected chi connectivity index (χ4v) is 2.44. The number of nitrogens with zero attached hydrogens (tertiary/aromatic N) is 2. The molecule has 0 amide bonds. The van der Waals surface area contributed by atoms with Crippen LogP contribution < -0.4 is 5.73 Å². The molecule has 4 heteroatoms. The molecule has 2 N–H and O–H groups in total. The van der Waals surface area contributed by atoms with Crippen molar-refractivity contribution in [3.05, 3.63) is 51.9 Å². The second-order valence-corrected chi connectivity index (χ2v) is 6.16. The number of benzene rings is 1. The van der Waals surface area contributed by atoms with Gasteiger partial charge in [-0.15, -0.1) is 0 Å². The van der Waals surface area contributed by atoms with Gasteiger partial charge in [0.1, 0.15) is 11.6 Å². The molecule has 0 bridgehead atoms. The number of nitrogen functional groups attached to an aromatic ring is 1. The second-order valence-electron chi connectivity index (χ2n) is 5.37. The van der Waals surface area contributed by atoms with Crippen LogP contribution in [0, 0.1) is 5.92 Å². The van der Waals surface area contributed by atoms with Crippen LogP contribution >= 0.6 is 15.9 Å². The lowest BCUT2D eigenvalue weighted by Crippen LogP contribution is -2.08. The molecule has 0 fully saturated rings. The van der Waals surface area contributed by atoms with Crippen molar-refractivity contribution in [3.8, 4) is 0 Å². The summed E-state index contributed by atoms with van der Waals surface area (Å²) in [5.74, 6) is 1.91. The molecular formula is C16H20BrN3. The van der Waals surface area contributed by atoms with Gasteiger partial charge in [0.2, 0.25) is 0 Å². The van der Waals surface area contributed by atoms with E-state index in [2.05, 4.69) is 64.0 Å². The lowest BCUT2D eigenvalue weighted by molar-refractivity contribution is 0.627. The third kappa shape index (κ3) is 4.04. The van der Waals surface area contributed by atoms with Gasteiger partial charge in [0.05, 0.1) is 10.2 Å². The summed E-state index contributed by atoms with van der Waals surface area (Å²) in [4.78, 5) is 9.03. The summed E-state index contributed by atoms with van der Waals surface area (Å²) in [5.41, 5.74) is 8.27. The van der Waals surface area contributed by atoms with Gasteiger partial charge >= 0.3 is 0 Å². The highest BCUT2D eigenvalue weighted by Gasteiger charge is 2.11. The van der Waals surface area contributed by atoms with Gasteiger partial charge in [-0.1, -0.05) is 44.2 Å². The van der Waals surface area contributed by atoms with Crippen molar-refractivity contribution in [1.82, 2.24) is 9.97 Å². The Morgan fingerprint density at radius 3 is 2.45 bits per heavy atom. The van der Waals surface area contributed by atoms with Crippen LogP contribution in [0.2, 0.25) is 0 Å². The van der Waals surface area contributed by atoms with Gasteiger partial charge in [-0.25, -0.2) is 9.97 Å². The summed E-state index contributed by atoms with van der Waals surface area (Å²) in [6.07, 6.45) is 2.65. The standard InChI is InChI=1S/C16H20BrN3/c1-11(2)10-13-15(17)16(18)20-14(19-13)9-8-12-6-4-3-5-7-12/h3-7,11H,8-10H2,1-2H3,(H2,18,19,20). The first-order valence-electron chi connectivity index (χ1n) is 6.91. The van der Waals surface area contributed by atoms with Gasteiger partial charge in [0.15, 0.2) is 0 Å². The van der Waals surface area contributed by atoms with E-state index < -0.39 is 0 Å². The van der Waals surface area contributed by atoms with Crippen molar-refractivity contribution in [1.29, 1.82) is 0 Å². The fourth-order valence-electron chi connectivity index (χ4n) is 2.10. The van der Waals surface area contributed by atoms with E-state index in [1.54, 1.807) is 0 Å². The lowest BCUT2D eigenvalue weighted by atomic mass is 10.1. The number of aryl methyl sites for hydroxylation is 2. The minimum atomic E-state index is 0.540. The molecule has 0 saturated carbocycles. The van der Waals surface area contributed by atoms with Gasteiger partial charge in [-0.05, 0) is 40.3 Å². The highest BCUT2D eigenvalue weighted by molar-refractivity contribution is 9.10. The Labute approximate surface area is 128 Å². The number of hydrogen-bond donors (Lipinski definition) is 1. The molecule has 0 aliphatic heterocycles. The van der Waals surface area contributed by atoms with Crippen molar-refractivity contribution in [2.45, 2.75) is 33.1 Å². The van der Waals surface area contributed by atoms with Crippen LogP contribution in [0.3, 0.4) is 0 Å². The van der Waals surface area contributed by atoms with Crippen molar-refractivity contribution in [2.24, 2.45) is 5.92 Å². The molecular weight excluding hydrogens is 314 g/mol. The maximum absolute atomic E-state index is 5.97. The number of halogens is 1. The molecule has 2 aromatic rings. The summed E-state index contributed by atoms with van der Waals surface area (Å²) in [5, 5.41) is 0. The highest BCUT2D eigenvalue weighted by Crippen LogP contribution is 2.23. The first kappa shape index (κ1) is 15.0. The molecule has 3 nitrogen and oxygen atoms in total. The molecule has 106 valence electrons. The zero-order valence-electron chi connectivity index (χ0n) is 11.9. The van der Waals surface area contributed by atoms with Crippen LogP contribution in [0.15, 0.2) is 34.8 Å². The molecule has 0 saturated heterocycles. The summed E-state index contributed by atoms with van der Waals surface area (Å²) < 4.78 is 0.842. The summed E-state index contributed by atoms with van der Waals surface area (Å²) in [7, 11) is 0. The topological polar surface area (TPSA) is 51.8 Å². The Bertz CT molecular complexity index is 567. The van der Waals surface area contributed by atoms with Gasteiger partial charge in [-0.3, -0.25) is 0 Å². The highest BCUT2D eigenvalue weighted by atomic mass is 79.9. The first-order chi connectivity index (χ1) is 9.56. The van der Waals surface area contributed by atoms with Crippen LogP contribution in [0.5, 0.6) is 0 Å². The molecule has 2 rings (SSSR count). The van der Waals surface area contributed by atoms with E-state index in [0.29, 0.717) is 11.7 Å². The normalized spacial score (nSPS) is 11.0. The van der Waals surface area contributed by atoms with Crippen LogP contribution in [0.25, 0.3) is 0 Å². The van der Waals surface area contributed by atoms with E-state index in [1.165, 1.54) is 5.56 Å². The number of hydrogen-bond acceptors (Lipinski definition) is 3.